The summed E-state index contributed by atoms with van der Waals surface area (Å²) in [7, 11) is 0. The Morgan fingerprint density at radius 1 is 0.523 bits per heavy atom. The summed E-state index contributed by atoms with van der Waals surface area (Å²) in [6, 6.07) is 25.0. The fourth-order valence-corrected chi connectivity index (χ4v) is 5.70. The summed E-state index contributed by atoms with van der Waals surface area (Å²) in [5.74, 6) is 1.71. The zero-order valence-corrected chi connectivity index (χ0v) is 24.5. The molecule has 0 radical (unpaired) electrons. The maximum absolute atomic E-state index is 4.58. The van der Waals surface area contributed by atoms with E-state index in [4.69, 9.17) is 0 Å². The molecule has 220 valence electrons. The van der Waals surface area contributed by atoms with Gasteiger partial charge in [-0.25, -0.2) is 19.9 Å². The van der Waals surface area contributed by atoms with Gasteiger partial charge in [0.2, 0.25) is 0 Å². The molecule has 1 aliphatic rings. The average molecular weight is 583 g/mol. The van der Waals surface area contributed by atoms with Crippen LogP contribution < -0.4 is 20.4 Å². The molecule has 0 bridgehead atoms. The molecule has 44 heavy (non-hydrogen) atoms. The lowest BCUT2D eigenvalue weighted by atomic mass is 10.1. The van der Waals surface area contributed by atoms with Gasteiger partial charge in [0, 0.05) is 98.0 Å². The lowest BCUT2D eigenvalue weighted by molar-refractivity contribution is 0.654. The Kier molecular flexibility index (Phi) is 8.03. The second-order valence-corrected chi connectivity index (χ2v) is 10.8. The van der Waals surface area contributed by atoms with Crippen molar-refractivity contribution in [1.82, 2.24) is 29.9 Å². The van der Waals surface area contributed by atoms with Crippen LogP contribution in [0.2, 0.25) is 0 Å². The highest BCUT2D eigenvalue weighted by Crippen LogP contribution is 2.28. The number of rotatable bonds is 10. The van der Waals surface area contributed by atoms with E-state index in [2.05, 4.69) is 86.7 Å². The monoisotopic (exact) mass is 582 g/mol. The van der Waals surface area contributed by atoms with Crippen LogP contribution in [-0.4, -0.2) is 69.2 Å². The zero-order chi connectivity index (χ0) is 29.6. The van der Waals surface area contributed by atoms with Gasteiger partial charge in [0.15, 0.2) is 0 Å². The van der Waals surface area contributed by atoms with Crippen molar-refractivity contribution in [2.45, 2.75) is 12.8 Å². The number of piperazine rings is 1. The normalized spacial score (nSPS) is 13.4. The van der Waals surface area contributed by atoms with Gasteiger partial charge in [-0.2, -0.15) is 0 Å². The van der Waals surface area contributed by atoms with Crippen LogP contribution in [0.3, 0.4) is 0 Å². The van der Waals surface area contributed by atoms with E-state index in [1.165, 1.54) is 11.4 Å². The minimum Gasteiger partial charge on any atom is -0.369 e. The van der Waals surface area contributed by atoms with Crippen molar-refractivity contribution >= 4 is 44.8 Å². The first-order valence-corrected chi connectivity index (χ1v) is 15.1. The van der Waals surface area contributed by atoms with Gasteiger partial charge in [-0.05, 0) is 60.7 Å². The minimum absolute atomic E-state index is 0.761. The predicted molar refractivity (Wildman–Crippen MR) is 176 cm³/mol. The van der Waals surface area contributed by atoms with Crippen molar-refractivity contribution in [3.8, 4) is 0 Å². The molecule has 1 saturated heterocycles. The summed E-state index contributed by atoms with van der Waals surface area (Å²) in [6.07, 6.45) is 8.60. The first kappa shape index (κ1) is 27.5. The number of anilines is 4. The molecule has 7 rings (SSSR count). The van der Waals surface area contributed by atoms with E-state index in [9.17, 15) is 0 Å². The van der Waals surface area contributed by atoms with E-state index in [0.717, 1.165) is 96.9 Å². The molecule has 1 fully saturated rings. The SMILES string of the molecule is c1ccc(CCNc2ncnc3cc(N4CCN(c5ccc6c(NCCc7ccccn7)ncnc6c5)CC4)ccc23)nc1. The Labute approximate surface area is 256 Å². The van der Waals surface area contributed by atoms with Crippen molar-refractivity contribution < 1.29 is 0 Å². The van der Waals surface area contributed by atoms with Crippen LogP contribution in [0.5, 0.6) is 0 Å². The smallest absolute Gasteiger partial charge is 0.137 e. The third-order valence-corrected chi connectivity index (χ3v) is 8.05. The van der Waals surface area contributed by atoms with Gasteiger partial charge in [0.25, 0.3) is 0 Å². The van der Waals surface area contributed by atoms with Crippen molar-refractivity contribution in [3.05, 3.63) is 109 Å². The highest BCUT2D eigenvalue weighted by atomic mass is 15.3. The second kappa shape index (κ2) is 12.9. The molecule has 6 aromatic rings. The maximum atomic E-state index is 4.58. The molecule has 0 aliphatic carbocycles. The van der Waals surface area contributed by atoms with E-state index in [1.54, 1.807) is 12.7 Å². The number of benzene rings is 2. The molecule has 4 aromatic heterocycles. The van der Waals surface area contributed by atoms with Gasteiger partial charge in [-0.3, -0.25) is 9.97 Å². The van der Waals surface area contributed by atoms with Crippen LogP contribution in [0, 0.1) is 0 Å². The largest absolute Gasteiger partial charge is 0.369 e. The van der Waals surface area contributed by atoms with Crippen molar-refractivity contribution in [2.24, 2.45) is 0 Å². The van der Waals surface area contributed by atoms with E-state index >= 15 is 0 Å². The molecule has 0 unspecified atom stereocenters. The summed E-state index contributed by atoms with van der Waals surface area (Å²) in [5.41, 5.74) is 6.38. The van der Waals surface area contributed by atoms with Crippen LogP contribution >= 0.6 is 0 Å². The van der Waals surface area contributed by atoms with Gasteiger partial charge in [-0.1, -0.05) is 12.1 Å². The molecule has 5 heterocycles. The standard InChI is InChI=1S/C34H34N10/c1-3-13-35-25(5-1)11-15-37-33-29-9-7-27(21-31(29)39-23-41-33)43-17-19-44(20-18-43)28-8-10-30-32(22-28)40-24-42-34(30)38-16-12-26-6-2-4-14-36-26/h1-10,13-14,21-24H,11-12,15-20H2,(H,37,39,41)(H,38,40,42). The number of pyridine rings is 2. The van der Waals surface area contributed by atoms with Crippen LogP contribution in [0.1, 0.15) is 11.4 Å². The molecule has 0 amide bonds. The number of nitrogens with zero attached hydrogens (tertiary/aromatic N) is 8. The third-order valence-electron chi connectivity index (χ3n) is 8.05. The van der Waals surface area contributed by atoms with Crippen LogP contribution in [0.4, 0.5) is 23.0 Å². The Hall–Kier alpha value is -5.38. The van der Waals surface area contributed by atoms with Gasteiger partial charge in [0.05, 0.1) is 11.0 Å². The van der Waals surface area contributed by atoms with Crippen LogP contribution in [-0.2, 0) is 12.8 Å². The van der Waals surface area contributed by atoms with Gasteiger partial charge in [0.1, 0.15) is 24.3 Å². The summed E-state index contributed by atoms with van der Waals surface area (Å²) >= 11 is 0. The molecule has 0 atom stereocenters. The first-order valence-electron chi connectivity index (χ1n) is 15.1. The molecular formula is C34H34N10. The summed E-state index contributed by atoms with van der Waals surface area (Å²) < 4.78 is 0. The zero-order valence-electron chi connectivity index (χ0n) is 24.5. The average Bonchev–Trinajstić information content (AvgIpc) is 3.09. The summed E-state index contributed by atoms with van der Waals surface area (Å²) in [4.78, 5) is 31.8. The summed E-state index contributed by atoms with van der Waals surface area (Å²) in [6.45, 7) is 5.22. The Morgan fingerprint density at radius 2 is 1.00 bits per heavy atom. The second-order valence-electron chi connectivity index (χ2n) is 10.8. The fraction of sp³-hybridized carbons (Fsp3) is 0.235. The summed E-state index contributed by atoms with van der Waals surface area (Å²) in [5, 5.41) is 8.98. The van der Waals surface area contributed by atoms with Gasteiger partial charge < -0.3 is 20.4 Å². The Morgan fingerprint density at radius 3 is 1.43 bits per heavy atom. The first-order chi connectivity index (χ1) is 21.8. The number of hydrogen-bond donors (Lipinski definition) is 2. The Bertz CT molecular complexity index is 1700. The van der Waals surface area contributed by atoms with Crippen molar-refractivity contribution in [2.75, 3.05) is 59.7 Å². The molecule has 10 nitrogen and oxygen atoms in total. The number of aromatic nitrogens is 6. The molecular weight excluding hydrogens is 548 g/mol. The molecule has 0 spiro atoms. The third kappa shape index (κ3) is 6.19. The molecule has 10 heteroatoms. The minimum atomic E-state index is 0.761. The number of hydrogen-bond acceptors (Lipinski definition) is 10. The van der Waals surface area contributed by atoms with Crippen LogP contribution in [0.25, 0.3) is 21.8 Å². The van der Waals surface area contributed by atoms with Crippen LogP contribution in [0.15, 0.2) is 97.8 Å². The molecule has 0 saturated carbocycles. The lowest BCUT2D eigenvalue weighted by Crippen LogP contribution is -2.46. The van der Waals surface area contributed by atoms with Crippen molar-refractivity contribution in [3.63, 3.8) is 0 Å². The highest BCUT2D eigenvalue weighted by Gasteiger charge is 2.19. The molecule has 1 aliphatic heterocycles. The van der Waals surface area contributed by atoms with Gasteiger partial charge in [-0.15, -0.1) is 0 Å². The van der Waals surface area contributed by atoms with Gasteiger partial charge >= 0.3 is 0 Å². The topological polar surface area (TPSA) is 108 Å². The molecule has 2 N–H and O–H groups in total. The van der Waals surface area contributed by atoms with E-state index in [0.29, 0.717) is 0 Å². The number of fused-ring (bicyclic) bond motifs is 2. The van der Waals surface area contributed by atoms with E-state index in [-0.39, 0.29) is 0 Å². The van der Waals surface area contributed by atoms with Crippen molar-refractivity contribution in [1.29, 1.82) is 0 Å². The Balaban J connectivity index is 0.973. The van der Waals surface area contributed by atoms with E-state index in [1.807, 2.05) is 48.8 Å². The quantitative estimate of drug-likeness (QED) is 0.229. The maximum Gasteiger partial charge on any atom is 0.137 e. The predicted octanol–water partition coefficient (Wildman–Crippen LogP) is 5.00. The number of nitrogens with one attached hydrogen (secondary N) is 2. The van der Waals surface area contributed by atoms with E-state index < -0.39 is 0 Å². The highest BCUT2D eigenvalue weighted by molar-refractivity contribution is 5.92. The fourth-order valence-electron chi connectivity index (χ4n) is 5.70. The molecule has 2 aromatic carbocycles. The lowest BCUT2D eigenvalue weighted by Gasteiger charge is -2.37.